The summed E-state index contributed by atoms with van der Waals surface area (Å²) in [5, 5.41) is 7.40. The number of nitrogens with one attached hydrogen (secondary N) is 4. The number of carbonyl (C=O) groups is 2. The van der Waals surface area contributed by atoms with Crippen LogP contribution < -0.4 is 20.4 Å². The minimum absolute atomic E-state index is 0.0288. The third-order valence-electron chi connectivity index (χ3n) is 4.92. The Kier molecular flexibility index (Phi) is 7.38. The van der Waals surface area contributed by atoms with E-state index in [-0.39, 0.29) is 18.4 Å². The Labute approximate surface area is 164 Å². The summed E-state index contributed by atoms with van der Waals surface area (Å²) in [6.07, 6.45) is 0. The number of hydrogen-bond acceptors (Lipinski definition) is 3. The van der Waals surface area contributed by atoms with E-state index in [1.165, 1.54) is 21.8 Å². The molecule has 0 spiro atoms. The normalized spacial score (nSPS) is 19.4. The van der Waals surface area contributed by atoms with Crippen molar-refractivity contribution in [3.63, 3.8) is 0 Å². The fraction of sp³-hybridized carbons (Fsp3) is 0.400. The van der Waals surface area contributed by atoms with Crippen LogP contribution in [0.1, 0.15) is 15.2 Å². The summed E-state index contributed by atoms with van der Waals surface area (Å²) < 4.78 is 0. The maximum Gasteiger partial charge on any atom is 0.261 e. The third-order valence-corrected chi connectivity index (χ3v) is 5.78. The first-order valence-electron chi connectivity index (χ1n) is 9.50. The molecule has 0 unspecified atom stereocenters. The molecule has 3 rings (SSSR count). The van der Waals surface area contributed by atoms with Gasteiger partial charge in [-0.3, -0.25) is 9.59 Å². The van der Waals surface area contributed by atoms with E-state index < -0.39 is 0 Å². The highest BCUT2D eigenvalue weighted by atomic mass is 32.1. The second-order valence-electron chi connectivity index (χ2n) is 6.92. The van der Waals surface area contributed by atoms with Gasteiger partial charge in [0.15, 0.2) is 0 Å². The van der Waals surface area contributed by atoms with Crippen molar-refractivity contribution < 1.29 is 19.4 Å². The van der Waals surface area contributed by atoms with Gasteiger partial charge in [0, 0.05) is 5.56 Å². The molecule has 4 N–H and O–H groups in total. The van der Waals surface area contributed by atoms with Crippen LogP contribution in [0.3, 0.4) is 0 Å². The second-order valence-corrected chi connectivity index (χ2v) is 7.87. The first kappa shape index (κ1) is 19.5. The zero-order valence-electron chi connectivity index (χ0n) is 15.5. The molecule has 0 aliphatic carbocycles. The minimum atomic E-state index is -0.191. The Morgan fingerprint density at radius 2 is 1.67 bits per heavy atom. The SMILES string of the molecule is O=C(CNC(=O)c1cccs1)NCC[NH+]1CC[NH+](Cc2ccccc2)CC1. The van der Waals surface area contributed by atoms with Crippen molar-refractivity contribution in [2.75, 3.05) is 45.8 Å². The fourth-order valence-corrected chi connectivity index (χ4v) is 4.01. The monoisotopic (exact) mass is 388 g/mol. The van der Waals surface area contributed by atoms with Crippen molar-refractivity contribution in [3.05, 3.63) is 58.3 Å². The highest BCUT2D eigenvalue weighted by Crippen LogP contribution is 2.07. The molecule has 1 saturated heterocycles. The number of piperazine rings is 1. The zero-order valence-corrected chi connectivity index (χ0v) is 16.3. The molecule has 1 aliphatic heterocycles. The van der Waals surface area contributed by atoms with Crippen molar-refractivity contribution in [1.82, 2.24) is 10.6 Å². The summed E-state index contributed by atoms with van der Waals surface area (Å²) >= 11 is 1.37. The number of amides is 2. The number of hydrogen-bond donors (Lipinski definition) is 4. The molecule has 2 heterocycles. The summed E-state index contributed by atoms with van der Waals surface area (Å²) in [5.74, 6) is -0.323. The van der Waals surface area contributed by atoms with Gasteiger partial charge < -0.3 is 20.4 Å². The standard InChI is InChI=1S/C20H26N4O2S/c25-19(15-22-20(26)18-7-4-14-27-18)21-8-9-23-10-12-24(13-11-23)16-17-5-2-1-3-6-17/h1-7,14H,8-13,15-16H2,(H,21,25)(H,22,26)/p+2. The predicted molar refractivity (Wildman–Crippen MR) is 106 cm³/mol. The molecule has 27 heavy (non-hydrogen) atoms. The molecule has 1 aromatic heterocycles. The van der Waals surface area contributed by atoms with Gasteiger partial charge in [0.1, 0.15) is 32.7 Å². The fourth-order valence-electron chi connectivity index (χ4n) is 3.37. The highest BCUT2D eigenvalue weighted by Gasteiger charge is 2.22. The van der Waals surface area contributed by atoms with Crippen LogP contribution in [-0.2, 0) is 11.3 Å². The van der Waals surface area contributed by atoms with E-state index in [0.717, 1.165) is 39.3 Å². The van der Waals surface area contributed by atoms with Gasteiger partial charge in [-0.15, -0.1) is 11.3 Å². The highest BCUT2D eigenvalue weighted by molar-refractivity contribution is 7.12. The van der Waals surface area contributed by atoms with Crippen LogP contribution in [0.2, 0.25) is 0 Å². The van der Waals surface area contributed by atoms with E-state index in [0.29, 0.717) is 11.4 Å². The van der Waals surface area contributed by atoms with E-state index >= 15 is 0 Å². The van der Waals surface area contributed by atoms with E-state index in [2.05, 4.69) is 41.0 Å². The summed E-state index contributed by atoms with van der Waals surface area (Å²) in [6, 6.07) is 14.2. The molecule has 2 aromatic rings. The van der Waals surface area contributed by atoms with E-state index in [4.69, 9.17) is 0 Å². The first-order chi connectivity index (χ1) is 13.2. The molecule has 1 aliphatic rings. The number of rotatable bonds is 8. The summed E-state index contributed by atoms with van der Waals surface area (Å²) in [6.45, 7) is 7.29. The molecule has 1 fully saturated rings. The molecule has 1 aromatic carbocycles. The quantitative estimate of drug-likeness (QED) is 0.448. The van der Waals surface area contributed by atoms with Crippen molar-refractivity contribution in [3.8, 4) is 0 Å². The predicted octanol–water partition coefficient (Wildman–Crippen LogP) is -1.42. The van der Waals surface area contributed by atoms with Crippen molar-refractivity contribution >= 4 is 23.2 Å². The van der Waals surface area contributed by atoms with Crippen molar-refractivity contribution in [1.29, 1.82) is 0 Å². The number of carbonyl (C=O) groups excluding carboxylic acids is 2. The Morgan fingerprint density at radius 3 is 2.37 bits per heavy atom. The molecule has 2 amide bonds. The van der Waals surface area contributed by atoms with Gasteiger partial charge in [0.2, 0.25) is 5.91 Å². The van der Waals surface area contributed by atoms with E-state index in [9.17, 15) is 9.59 Å². The van der Waals surface area contributed by atoms with Crippen LogP contribution in [0.5, 0.6) is 0 Å². The topological polar surface area (TPSA) is 67.1 Å². The van der Waals surface area contributed by atoms with Crippen LogP contribution in [0, 0.1) is 0 Å². The third kappa shape index (κ3) is 6.46. The zero-order chi connectivity index (χ0) is 18.9. The smallest absolute Gasteiger partial charge is 0.261 e. The lowest BCUT2D eigenvalue weighted by Crippen LogP contribution is -3.27. The molecule has 144 valence electrons. The lowest BCUT2D eigenvalue weighted by molar-refractivity contribution is -1.02. The summed E-state index contributed by atoms with van der Waals surface area (Å²) in [5.41, 5.74) is 1.40. The van der Waals surface area contributed by atoms with Crippen molar-refractivity contribution in [2.45, 2.75) is 6.54 Å². The van der Waals surface area contributed by atoms with Gasteiger partial charge in [0.25, 0.3) is 5.91 Å². The molecule has 0 saturated carbocycles. The Bertz CT molecular complexity index is 713. The van der Waals surface area contributed by atoms with Gasteiger partial charge in [-0.2, -0.15) is 0 Å². The molecule has 0 bridgehead atoms. The van der Waals surface area contributed by atoms with Crippen molar-refractivity contribution in [2.24, 2.45) is 0 Å². The molecule has 0 atom stereocenters. The maximum atomic E-state index is 11.9. The Morgan fingerprint density at radius 1 is 0.926 bits per heavy atom. The Hall–Kier alpha value is -2.22. The summed E-state index contributed by atoms with van der Waals surface area (Å²) in [4.78, 5) is 27.5. The number of quaternary nitrogens is 2. The van der Waals surface area contributed by atoms with Gasteiger partial charge in [-0.1, -0.05) is 36.4 Å². The van der Waals surface area contributed by atoms with Crippen LogP contribution in [0.4, 0.5) is 0 Å². The van der Waals surface area contributed by atoms with E-state index in [1.54, 1.807) is 11.0 Å². The maximum absolute atomic E-state index is 11.9. The molecule has 7 heteroatoms. The summed E-state index contributed by atoms with van der Waals surface area (Å²) in [7, 11) is 0. The molecule has 6 nitrogen and oxygen atoms in total. The number of thiophene rings is 1. The molecule has 0 radical (unpaired) electrons. The second kappa shape index (κ2) is 10.2. The molecular weight excluding hydrogens is 360 g/mol. The van der Waals surface area contributed by atoms with Crippen LogP contribution in [0.25, 0.3) is 0 Å². The van der Waals surface area contributed by atoms with Crippen LogP contribution >= 0.6 is 11.3 Å². The van der Waals surface area contributed by atoms with Gasteiger partial charge in [-0.05, 0) is 11.4 Å². The average molecular weight is 389 g/mol. The lowest BCUT2D eigenvalue weighted by atomic mass is 10.2. The van der Waals surface area contributed by atoms with Gasteiger partial charge in [0.05, 0.1) is 24.5 Å². The molecular formula is C20H28N4O2S+2. The average Bonchev–Trinajstić information content (AvgIpc) is 3.23. The Balaban J connectivity index is 1.26. The van der Waals surface area contributed by atoms with Gasteiger partial charge >= 0.3 is 0 Å². The van der Waals surface area contributed by atoms with Gasteiger partial charge in [-0.25, -0.2) is 0 Å². The minimum Gasteiger partial charge on any atom is -0.349 e. The van der Waals surface area contributed by atoms with Crippen LogP contribution in [-0.4, -0.2) is 57.6 Å². The van der Waals surface area contributed by atoms with E-state index in [1.807, 2.05) is 11.4 Å². The lowest BCUT2D eigenvalue weighted by Gasteiger charge is -2.29. The first-order valence-corrected chi connectivity index (χ1v) is 10.4. The van der Waals surface area contributed by atoms with Crippen LogP contribution in [0.15, 0.2) is 47.8 Å². The number of benzene rings is 1. The largest absolute Gasteiger partial charge is 0.349 e.